The van der Waals surface area contributed by atoms with Crippen LogP contribution in [0.15, 0.2) is 29.2 Å². The van der Waals surface area contributed by atoms with Crippen molar-refractivity contribution in [2.24, 2.45) is 11.7 Å². The van der Waals surface area contributed by atoms with Gasteiger partial charge in [-0.3, -0.25) is 10.1 Å². The zero-order valence-electron chi connectivity index (χ0n) is 10.3. The molecule has 0 aromatic heterocycles. The largest absolute Gasteiger partial charge is 0.368 e. The van der Waals surface area contributed by atoms with Crippen LogP contribution in [0.25, 0.3) is 0 Å². The molecule has 2 aliphatic rings. The average Bonchev–Trinajstić information content (AvgIpc) is 3.20. The number of thioether (sulfide) groups is 1. The Bertz CT molecular complexity index is 473. The molecular formula is C14H18N2OS. The number of nitrogens with one attached hydrogen (secondary N) is 1. The third-order valence-corrected chi connectivity index (χ3v) is 4.97. The molecule has 1 saturated carbocycles. The Morgan fingerprint density at radius 2 is 2.22 bits per heavy atom. The van der Waals surface area contributed by atoms with Gasteiger partial charge in [-0.05, 0) is 43.4 Å². The highest BCUT2D eigenvalue weighted by Gasteiger charge is 2.42. The summed E-state index contributed by atoms with van der Waals surface area (Å²) in [5.74, 6) is 1.44. The summed E-state index contributed by atoms with van der Waals surface area (Å²) >= 11 is 1.81. The van der Waals surface area contributed by atoms with Crippen LogP contribution < -0.4 is 11.1 Å². The van der Waals surface area contributed by atoms with E-state index in [4.69, 9.17) is 5.73 Å². The summed E-state index contributed by atoms with van der Waals surface area (Å²) in [7, 11) is 0. The van der Waals surface area contributed by atoms with Crippen molar-refractivity contribution in [3.05, 3.63) is 29.8 Å². The third kappa shape index (κ3) is 2.04. The summed E-state index contributed by atoms with van der Waals surface area (Å²) in [6.07, 6.45) is 3.34. The predicted molar refractivity (Wildman–Crippen MR) is 73.4 cm³/mol. The summed E-state index contributed by atoms with van der Waals surface area (Å²) in [5.41, 5.74) is 6.13. The SMILES string of the molecule is NC(=O)C1(NCC2CC2)CCSc2ccccc21. The van der Waals surface area contributed by atoms with Crippen LogP contribution in [0.3, 0.4) is 0 Å². The first kappa shape index (κ1) is 12.1. The van der Waals surface area contributed by atoms with E-state index in [1.807, 2.05) is 30.0 Å². The maximum absolute atomic E-state index is 12.0. The van der Waals surface area contributed by atoms with Crippen LogP contribution in [0.4, 0.5) is 0 Å². The Morgan fingerprint density at radius 3 is 2.94 bits per heavy atom. The highest BCUT2D eigenvalue weighted by Crippen LogP contribution is 2.41. The van der Waals surface area contributed by atoms with E-state index in [1.165, 1.54) is 17.7 Å². The lowest BCUT2D eigenvalue weighted by molar-refractivity contribution is -0.125. The number of amides is 1. The highest BCUT2D eigenvalue weighted by atomic mass is 32.2. The molecule has 1 amide bonds. The van der Waals surface area contributed by atoms with Crippen LogP contribution >= 0.6 is 11.8 Å². The summed E-state index contributed by atoms with van der Waals surface area (Å²) in [6, 6.07) is 8.12. The molecule has 96 valence electrons. The fourth-order valence-electron chi connectivity index (χ4n) is 2.56. The number of rotatable bonds is 4. The van der Waals surface area contributed by atoms with Gasteiger partial charge in [0.05, 0.1) is 0 Å². The first-order valence-electron chi connectivity index (χ1n) is 6.49. The standard InChI is InChI=1S/C14H18N2OS/c15-13(17)14(16-9-10-5-6-10)7-8-18-12-4-2-1-3-11(12)14/h1-4,10,16H,5-9H2,(H2,15,17). The summed E-state index contributed by atoms with van der Waals surface area (Å²) in [6.45, 7) is 0.905. The van der Waals surface area contributed by atoms with E-state index in [0.29, 0.717) is 0 Å². The second-order valence-corrected chi connectivity index (χ2v) is 6.33. The van der Waals surface area contributed by atoms with Crippen LogP contribution in [-0.2, 0) is 10.3 Å². The van der Waals surface area contributed by atoms with Crippen molar-refractivity contribution in [1.82, 2.24) is 5.32 Å². The van der Waals surface area contributed by atoms with Gasteiger partial charge in [-0.25, -0.2) is 0 Å². The molecule has 1 aliphatic heterocycles. The number of benzene rings is 1. The van der Waals surface area contributed by atoms with E-state index in [1.54, 1.807) is 0 Å². The molecule has 3 nitrogen and oxygen atoms in total. The summed E-state index contributed by atoms with van der Waals surface area (Å²) in [5, 5.41) is 3.46. The fraction of sp³-hybridized carbons (Fsp3) is 0.500. The van der Waals surface area contributed by atoms with Crippen LogP contribution in [0.2, 0.25) is 0 Å². The van der Waals surface area contributed by atoms with Crippen molar-refractivity contribution in [1.29, 1.82) is 0 Å². The predicted octanol–water partition coefficient (Wildman–Crippen LogP) is 1.86. The maximum atomic E-state index is 12.0. The number of carbonyl (C=O) groups is 1. The van der Waals surface area contributed by atoms with Crippen LogP contribution in [0, 0.1) is 5.92 Å². The van der Waals surface area contributed by atoms with Crippen molar-refractivity contribution in [3.8, 4) is 0 Å². The van der Waals surface area contributed by atoms with E-state index in [2.05, 4.69) is 11.4 Å². The van der Waals surface area contributed by atoms with Gasteiger partial charge in [0.2, 0.25) is 5.91 Å². The van der Waals surface area contributed by atoms with Crippen molar-refractivity contribution < 1.29 is 4.79 Å². The molecule has 1 aliphatic carbocycles. The van der Waals surface area contributed by atoms with Gasteiger partial charge in [0.15, 0.2) is 0 Å². The Kier molecular flexibility index (Phi) is 3.08. The van der Waals surface area contributed by atoms with E-state index in [9.17, 15) is 4.79 Å². The number of carbonyl (C=O) groups excluding carboxylic acids is 1. The van der Waals surface area contributed by atoms with Gasteiger partial charge in [-0.15, -0.1) is 11.8 Å². The van der Waals surface area contributed by atoms with E-state index in [-0.39, 0.29) is 5.91 Å². The molecule has 0 bridgehead atoms. The van der Waals surface area contributed by atoms with Gasteiger partial charge < -0.3 is 5.73 Å². The van der Waals surface area contributed by atoms with Gasteiger partial charge in [-0.2, -0.15) is 0 Å². The zero-order valence-corrected chi connectivity index (χ0v) is 11.1. The van der Waals surface area contributed by atoms with E-state index in [0.717, 1.165) is 30.2 Å². The number of hydrogen-bond acceptors (Lipinski definition) is 3. The lowest BCUT2D eigenvalue weighted by Gasteiger charge is -2.37. The van der Waals surface area contributed by atoms with Gasteiger partial charge in [0.25, 0.3) is 0 Å². The van der Waals surface area contributed by atoms with Crippen LogP contribution in [0.5, 0.6) is 0 Å². The second-order valence-electron chi connectivity index (χ2n) is 5.19. The van der Waals surface area contributed by atoms with E-state index < -0.39 is 5.54 Å². The molecule has 1 fully saturated rings. The first-order valence-corrected chi connectivity index (χ1v) is 7.48. The topological polar surface area (TPSA) is 55.1 Å². The molecule has 1 aromatic carbocycles. The molecular weight excluding hydrogens is 244 g/mol. The Morgan fingerprint density at radius 1 is 1.44 bits per heavy atom. The zero-order chi connectivity index (χ0) is 12.6. The molecule has 0 spiro atoms. The number of hydrogen-bond donors (Lipinski definition) is 2. The van der Waals surface area contributed by atoms with Crippen molar-refractivity contribution in [3.63, 3.8) is 0 Å². The fourth-order valence-corrected chi connectivity index (χ4v) is 3.76. The Labute approximate surface area is 112 Å². The minimum atomic E-state index is -0.648. The monoisotopic (exact) mass is 262 g/mol. The minimum Gasteiger partial charge on any atom is -0.368 e. The summed E-state index contributed by atoms with van der Waals surface area (Å²) < 4.78 is 0. The minimum absolute atomic E-state index is 0.240. The number of primary amides is 1. The smallest absolute Gasteiger partial charge is 0.242 e. The molecule has 1 aromatic rings. The van der Waals surface area contributed by atoms with Gasteiger partial charge in [0.1, 0.15) is 5.54 Å². The van der Waals surface area contributed by atoms with Crippen molar-refractivity contribution >= 4 is 17.7 Å². The van der Waals surface area contributed by atoms with Crippen molar-refractivity contribution in [2.75, 3.05) is 12.3 Å². The molecule has 0 saturated heterocycles. The second kappa shape index (κ2) is 4.59. The van der Waals surface area contributed by atoms with Gasteiger partial charge >= 0.3 is 0 Å². The van der Waals surface area contributed by atoms with Gasteiger partial charge in [0, 0.05) is 10.6 Å². The number of nitrogens with two attached hydrogens (primary N) is 1. The number of fused-ring (bicyclic) bond motifs is 1. The molecule has 3 N–H and O–H groups in total. The molecule has 0 radical (unpaired) electrons. The molecule has 1 atom stereocenters. The van der Waals surface area contributed by atoms with Crippen LogP contribution in [-0.4, -0.2) is 18.2 Å². The average molecular weight is 262 g/mol. The Hall–Kier alpha value is -1.00. The molecule has 18 heavy (non-hydrogen) atoms. The Balaban J connectivity index is 1.95. The van der Waals surface area contributed by atoms with Crippen LogP contribution in [0.1, 0.15) is 24.8 Å². The van der Waals surface area contributed by atoms with E-state index >= 15 is 0 Å². The summed E-state index contributed by atoms with van der Waals surface area (Å²) in [4.78, 5) is 13.2. The molecule has 1 unspecified atom stereocenters. The molecule has 1 heterocycles. The normalized spacial score (nSPS) is 26.7. The third-order valence-electron chi connectivity index (χ3n) is 3.89. The van der Waals surface area contributed by atoms with Gasteiger partial charge in [-0.1, -0.05) is 18.2 Å². The lowest BCUT2D eigenvalue weighted by Crippen LogP contribution is -2.54. The quantitative estimate of drug-likeness (QED) is 0.871. The molecule has 3 rings (SSSR count). The molecule has 4 heteroatoms. The highest BCUT2D eigenvalue weighted by molar-refractivity contribution is 7.99. The lowest BCUT2D eigenvalue weighted by atomic mass is 9.85. The van der Waals surface area contributed by atoms with Crippen molar-refractivity contribution in [2.45, 2.75) is 29.7 Å². The first-order chi connectivity index (χ1) is 8.72. The maximum Gasteiger partial charge on any atom is 0.242 e.